The molecule has 0 amide bonds. The first-order valence-electron chi connectivity index (χ1n) is 8.62. The predicted octanol–water partition coefficient (Wildman–Crippen LogP) is 4.38. The Kier molecular flexibility index (Phi) is 10.5. The molecule has 1 atom stereocenters. The molecule has 0 N–H and O–H groups in total. The Morgan fingerprint density at radius 2 is 1.55 bits per heavy atom. The molecule has 0 aromatic rings. The first-order chi connectivity index (χ1) is 10.7. The van der Waals surface area contributed by atoms with Gasteiger partial charge >= 0.3 is 12.1 Å². The number of cyclic esters (lactones) is 1. The lowest BCUT2D eigenvalue weighted by Gasteiger charge is -2.17. The summed E-state index contributed by atoms with van der Waals surface area (Å²) in [6.07, 6.45) is 11.2. The molecule has 128 valence electrons. The van der Waals surface area contributed by atoms with E-state index in [2.05, 4.69) is 4.74 Å². The second-order valence-corrected chi connectivity index (χ2v) is 5.92. The van der Waals surface area contributed by atoms with Gasteiger partial charge in [-0.05, 0) is 32.1 Å². The lowest BCUT2D eigenvalue weighted by Crippen LogP contribution is -2.19. The number of ether oxygens (including phenoxy) is 3. The number of carbonyl (C=O) groups is 2. The first kappa shape index (κ1) is 18.8. The fourth-order valence-electron chi connectivity index (χ4n) is 2.72. The van der Waals surface area contributed by atoms with Gasteiger partial charge in [0.2, 0.25) is 0 Å². The lowest BCUT2D eigenvalue weighted by atomic mass is 10.0. The van der Waals surface area contributed by atoms with Gasteiger partial charge < -0.3 is 14.2 Å². The number of hydrogen-bond acceptors (Lipinski definition) is 5. The van der Waals surface area contributed by atoms with E-state index >= 15 is 0 Å². The number of carbonyl (C=O) groups excluding carboxylic acids is 2. The molecule has 0 aromatic carbocycles. The number of hydrogen-bond donors (Lipinski definition) is 0. The van der Waals surface area contributed by atoms with Crippen molar-refractivity contribution < 1.29 is 23.8 Å². The minimum atomic E-state index is -0.628. The summed E-state index contributed by atoms with van der Waals surface area (Å²) in [5.41, 5.74) is 0. The fraction of sp³-hybridized carbons (Fsp3) is 0.882. The Labute approximate surface area is 133 Å². The summed E-state index contributed by atoms with van der Waals surface area (Å²) >= 11 is 0. The van der Waals surface area contributed by atoms with E-state index in [4.69, 9.17) is 9.47 Å². The SMILES string of the molecule is COC(=O)OC1CCCCCCCCCCC(=O)OCCC1. The lowest BCUT2D eigenvalue weighted by molar-refractivity contribution is -0.144. The first-order valence-corrected chi connectivity index (χ1v) is 8.62. The third-order valence-corrected chi connectivity index (χ3v) is 4.02. The summed E-state index contributed by atoms with van der Waals surface area (Å²) in [6.45, 7) is 0.403. The summed E-state index contributed by atoms with van der Waals surface area (Å²) in [5, 5.41) is 0. The third-order valence-electron chi connectivity index (χ3n) is 4.02. The highest BCUT2D eigenvalue weighted by atomic mass is 16.7. The maximum Gasteiger partial charge on any atom is 0.508 e. The van der Waals surface area contributed by atoms with Gasteiger partial charge in [0.25, 0.3) is 0 Å². The van der Waals surface area contributed by atoms with Gasteiger partial charge in [0, 0.05) is 6.42 Å². The Hall–Kier alpha value is -1.26. The molecular weight excluding hydrogens is 284 g/mol. The van der Waals surface area contributed by atoms with Crippen molar-refractivity contribution in [3.63, 3.8) is 0 Å². The summed E-state index contributed by atoms with van der Waals surface area (Å²) in [5.74, 6) is -0.113. The molecule has 0 radical (unpaired) electrons. The summed E-state index contributed by atoms with van der Waals surface area (Å²) in [7, 11) is 1.32. The third kappa shape index (κ3) is 9.64. The molecule has 1 aliphatic rings. The van der Waals surface area contributed by atoms with Gasteiger partial charge in [0.15, 0.2) is 0 Å². The van der Waals surface area contributed by atoms with Gasteiger partial charge in [-0.25, -0.2) is 4.79 Å². The zero-order valence-electron chi connectivity index (χ0n) is 13.8. The maximum atomic E-state index is 11.6. The molecular formula is C17H30O5. The Balaban J connectivity index is 2.37. The van der Waals surface area contributed by atoms with Crippen molar-refractivity contribution in [2.75, 3.05) is 13.7 Å². The summed E-state index contributed by atoms with van der Waals surface area (Å²) in [4.78, 5) is 22.8. The Bertz CT molecular complexity index is 316. The predicted molar refractivity (Wildman–Crippen MR) is 83.6 cm³/mol. The van der Waals surface area contributed by atoms with Crippen LogP contribution in [0.2, 0.25) is 0 Å². The molecule has 0 spiro atoms. The Morgan fingerprint density at radius 1 is 0.955 bits per heavy atom. The average molecular weight is 314 g/mol. The van der Waals surface area contributed by atoms with Crippen LogP contribution in [0.4, 0.5) is 4.79 Å². The van der Waals surface area contributed by atoms with Crippen LogP contribution in [0.25, 0.3) is 0 Å². The topological polar surface area (TPSA) is 61.8 Å². The Morgan fingerprint density at radius 3 is 2.23 bits per heavy atom. The quantitative estimate of drug-likeness (QED) is 0.672. The smallest absolute Gasteiger partial charge is 0.466 e. The van der Waals surface area contributed by atoms with Crippen LogP contribution in [0, 0.1) is 0 Å². The molecule has 22 heavy (non-hydrogen) atoms. The van der Waals surface area contributed by atoms with Crippen molar-refractivity contribution in [3.05, 3.63) is 0 Å². The molecule has 1 fully saturated rings. The van der Waals surface area contributed by atoms with Crippen LogP contribution in [0.1, 0.15) is 77.0 Å². The van der Waals surface area contributed by atoms with Crippen LogP contribution in [0.15, 0.2) is 0 Å². The van der Waals surface area contributed by atoms with E-state index in [1.54, 1.807) is 0 Å². The van der Waals surface area contributed by atoms with Crippen molar-refractivity contribution in [2.45, 2.75) is 83.2 Å². The highest BCUT2D eigenvalue weighted by molar-refractivity contribution is 5.69. The molecule has 5 nitrogen and oxygen atoms in total. The summed E-state index contributed by atoms with van der Waals surface area (Å²) in [6, 6.07) is 0. The average Bonchev–Trinajstić information content (AvgIpc) is 2.51. The zero-order chi connectivity index (χ0) is 16.0. The van der Waals surface area contributed by atoms with Gasteiger partial charge in [-0.2, -0.15) is 0 Å². The largest absolute Gasteiger partial charge is 0.508 e. The molecule has 1 rings (SSSR count). The van der Waals surface area contributed by atoms with E-state index in [-0.39, 0.29) is 12.1 Å². The second kappa shape index (κ2) is 12.3. The zero-order valence-corrected chi connectivity index (χ0v) is 13.8. The van der Waals surface area contributed by atoms with Gasteiger partial charge in [-0.15, -0.1) is 0 Å². The molecule has 0 aliphatic carbocycles. The molecule has 5 heteroatoms. The van der Waals surface area contributed by atoms with E-state index in [0.717, 1.165) is 25.7 Å². The highest BCUT2D eigenvalue weighted by Crippen LogP contribution is 2.16. The fourth-order valence-corrected chi connectivity index (χ4v) is 2.72. The van der Waals surface area contributed by atoms with Crippen molar-refractivity contribution in [1.29, 1.82) is 0 Å². The highest BCUT2D eigenvalue weighted by Gasteiger charge is 2.15. The standard InChI is InChI=1S/C17H30O5/c1-20-17(19)22-15-11-8-6-4-2-3-5-7-9-13-16(18)21-14-10-12-15/h15H,2-14H2,1H3. The van der Waals surface area contributed by atoms with Crippen LogP contribution >= 0.6 is 0 Å². The van der Waals surface area contributed by atoms with E-state index in [9.17, 15) is 9.59 Å². The van der Waals surface area contributed by atoms with E-state index in [1.807, 2.05) is 0 Å². The van der Waals surface area contributed by atoms with Gasteiger partial charge in [-0.1, -0.05) is 38.5 Å². The van der Waals surface area contributed by atoms with Gasteiger partial charge in [0.1, 0.15) is 6.10 Å². The van der Waals surface area contributed by atoms with Crippen LogP contribution in [0.3, 0.4) is 0 Å². The minimum absolute atomic E-state index is 0.113. The monoisotopic (exact) mass is 314 g/mol. The molecule has 1 heterocycles. The van der Waals surface area contributed by atoms with Crippen molar-refractivity contribution in [2.24, 2.45) is 0 Å². The number of methoxy groups -OCH3 is 1. The summed E-state index contributed by atoms with van der Waals surface area (Å²) < 4.78 is 15.0. The van der Waals surface area contributed by atoms with Crippen LogP contribution < -0.4 is 0 Å². The normalized spacial score (nSPS) is 23.3. The van der Waals surface area contributed by atoms with Crippen LogP contribution in [0.5, 0.6) is 0 Å². The maximum absolute atomic E-state index is 11.6. The van der Waals surface area contributed by atoms with Crippen LogP contribution in [-0.2, 0) is 19.0 Å². The molecule has 1 unspecified atom stereocenters. The van der Waals surface area contributed by atoms with E-state index in [1.165, 1.54) is 39.2 Å². The number of esters is 1. The van der Waals surface area contributed by atoms with Gasteiger partial charge in [-0.3, -0.25) is 4.79 Å². The van der Waals surface area contributed by atoms with Crippen molar-refractivity contribution in [1.82, 2.24) is 0 Å². The molecule has 0 saturated carbocycles. The van der Waals surface area contributed by atoms with Gasteiger partial charge in [0.05, 0.1) is 13.7 Å². The van der Waals surface area contributed by atoms with Crippen molar-refractivity contribution >= 4 is 12.1 Å². The minimum Gasteiger partial charge on any atom is -0.466 e. The molecule has 0 bridgehead atoms. The van der Waals surface area contributed by atoms with Crippen molar-refractivity contribution in [3.8, 4) is 0 Å². The van der Waals surface area contributed by atoms with Crippen LogP contribution in [-0.4, -0.2) is 31.9 Å². The second-order valence-electron chi connectivity index (χ2n) is 5.92. The van der Waals surface area contributed by atoms with E-state index in [0.29, 0.717) is 25.9 Å². The molecule has 1 saturated heterocycles. The molecule has 1 aliphatic heterocycles. The van der Waals surface area contributed by atoms with E-state index < -0.39 is 6.16 Å². The molecule has 0 aromatic heterocycles. The number of rotatable bonds is 1.